The highest BCUT2D eigenvalue weighted by molar-refractivity contribution is 5.93. The molecule has 5 nitrogen and oxygen atoms in total. The highest BCUT2D eigenvalue weighted by atomic mass is 16.5. The van der Waals surface area contributed by atoms with Crippen LogP contribution >= 0.6 is 0 Å². The van der Waals surface area contributed by atoms with Gasteiger partial charge < -0.3 is 20.2 Å². The molecule has 0 fully saturated rings. The maximum atomic E-state index is 11.3. The molecule has 0 aliphatic carbocycles. The van der Waals surface area contributed by atoms with Gasteiger partial charge in [0.2, 0.25) is 5.91 Å². The number of hydrogen-bond acceptors (Lipinski definition) is 4. The van der Waals surface area contributed by atoms with Crippen LogP contribution in [-0.2, 0) is 11.2 Å². The van der Waals surface area contributed by atoms with Crippen molar-refractivity contribution in [2.24, 2.45) is 5.73 Å². The summed E-state index contributed by atoms with van der Waals surface area (Å²) in [4.78, 5) is 11.3. The Morgan fingerprint density at radius 2 is 2.25 bits per heavy atom. The maximum Gasteiger partial charge on any atom is 0.224 e. The predicted octanol–water partition coefficient (Wildman–Crippen LogP) is 2.24. The molecule has 3 N–H and O–H groups in total. The van der Waals surface area contributed by atoms with Crippen molar-refractivity contribution in [1.29, 1.82) is 0 Å². The van der Waals surface area contributed by atoms with Crippen LogP contribution in [0, 0.1) is 0 Å². The molecule has 0 spiro atoms. The first kappa shape index (κ1) is 12.7. The second-order valence-electron chi connectivity index (χ2n) is 4.72. The number of fused-ring (bicyclic) bond motifs is 1. The molecule has 3 rings (SSSR count). The van der Waals surface area contributed by atoms with E-state index >= 15 is 0 Å². The van der Waals surface area contributed by atoms with Crippen molar-refractivity contribution in [2.45, 2.75) is 18.9 Å². The molecule has 5 heteroatoms. The standard InChI is InChI=1S/C15H16N2O3/c16-9-14(13-2-1-7-19-13)20-11-4-5-12-10(8-11)3-6-15(18)17-12/h1-2,4-5,7-8,14H,3,6,9,16H2,(H,17,18). The first-order valence-corrected chi connectivity index (χ1v) is 6.59. The molecule has 0 saturated carbocycles. The Morgan fingerprint density at radius 3 is 3.00 bits per heavy atom. The van der Waals surface area contributed by atoms with E-state index in [0.717, 1.165) is 23.4 Å². The summed E-state index contributed by atoms with van der Waals surface area (Å²) in [5, 5.41) is 2.84. The summed E-state index contributed by atoms with van der Waals surface area (Å²) in [5.74, 6) is 1.49. The van der Waals surface area contributed by atoms with Gasteiger partial charge in [0.1, 0.15) is 11.5 Å². The molecule has 1 aromatic carbocycles. The van der Waals surface area contributed by atoms with Gasteiger partial charge in [-0.1, -0.05) is 0 Å². The van der Waals surface area contributed by atoms with E-state index in [4.69, 9.17) is 14.9 Å². The van der Waals surface area contributed by atoms with Crippen molar-refractivity contribution in [3.8, 4) is 5.75 Å². The Hall–Kier alpha value is -2.27. The van der Waals surface area contributed by atoms with E-state index in [1.165, 1.54) is 0 Å². The zero-order valence-electron chi connectivity index (χ0n) is 11.0. The Bertz CT molecular complexity index is 608. The van der Waals surface area contributed by atoms with Crippen LogP contribution in [0.5, 0.6) is 5.75 Å². The van der Waals surface area contributed by atoms with E-state index < -0.39 is 0 Å². The summed E-state index contributed by atoms with van der Waals surface area (Å²) in [6, 6.07) is 9.29. The number of nitrogens with two attached hydrogens (primary N) is 1. The van der Waals surface area contributed by atoms with Gasteiger partial charge in [0.05, 0.1) is 6.26 Å². The number of furan rings is 1. The number of hydrogen-bond donors (Lipinski definition) is 2. The van der Waals surface area contributed by atoms with Gasteiger partial charge in [-0.2, -0.15) is 0 Å². The maximum absolute atomic E-state index is 11.3. The van der Waals surface area contributed by atoms with Gasteiger partial charge in [0.25, 0.3) is 0 Å². The largest absolute Gasteiger partial charge is 0.481 e. The normalized spacial score (nSPS) is 15.3. The van der Waals surface area contributed by atoms with Gasteiger partial charge in [-0.25, -0.2) is 0 Å². The second-order valence-corrected chi connectivity index (χ2v) is 4.72. The molecule has 1 amide bonds. The summed E-state index contributed by atoms with van der Waals surface area (Å²) in [6.07, 6.45) is 2.53. The summed E-state index contributed by atoms with van der Waals surface area (Å²) in [6.45, 7) is 0.335. The van der Waals surface area contributed by atoms with E-state index in [2.05, 4.69) is 5.32 Å². The Morgan fingerprint density at radius 1 is 1.35 bits per heavy atom. The second kappa shape index (κ2) is 5.38. The van der Waals surface area contributed by atoms with Gasteiger partial charge in [0, 0.05) is 18.7 Å². The minimum absolute atomic E-state index is 0.0570. The highest BCUT2D eigenvalue weighted by Crippen LogP contribution is 2.29. The van der Waals surface area contributed by atoms with Crippen LogP contribution in [0.15, 0.2) is 41.0 Å². The summed E-state index contributed by atoms with van der Waals surface area (Å²) < 4.78 is 11.2. The van der Waals surface area contributed by atoms with E-state index in [0.29, 0.717) is 18.7 Å². The van der Waals surface area contributed by atoms with Crippen LogP contribution in [0.1, 0.15) is 23.8 Å². The molecule has 1 atom stereocenters. The van der Waals surface area contributed by atoms with Crippen LogP contribution in [0.2, 0.25) is 0 Å². The number of amides is 1. The van der Waals surface area contributed by atoms with E-state index in [1.807, 2.05) is 30.3 Å². The van der Waals surface area contributed by atoms with Crippen molar-refractivity contribution in [3.63, 3.8) is 0 Å². The molecule has 0 bridgehead atoms. The minimum Gasteiger partial charge on any atom is -0.481 e. The van der Waals surface area contributed by atoms with Crippen molar-refractivity contribution >= 4 is 11.6 Å². The zero-order valence-corrected chi connectivity index (χ0v) is 11.0. The molecule has 1 aliphatic rings. The number of aryl methyl sites for hydroxylation is 1. The number of carbonyl (C=O) groups excluding carboxylic acids is 1. The van der Waals surface area contributed by atoms with Gasteiger partial charge in [0.15, 0.2) is 6.10 Å². The minimum atomic E-state index is -0.304. The van der Waals surface area contributed by atoms with E-state index in [1.54, 1.807) is 6.26 Å². The lowest BCUT2D eigenvalue weighted by molar-refractivity contribution is -0.116. The highest BCUT2D eigenvalue weighted by Gasteiger charge is 2.18. The molecule has 2 aromatic rings. The smallest absolute Gasteiger partial charge is 0.224 e. The summed E-state index contributed by atoms with van der Waals surface area (Å²) in [7, 11) is 0. The van der Waals surface area contributed by atoms with Crippen LogP contribution in [0.4, 0.5) is 5.69 Å². The third-order valence-electron chi connectivity index (χ3n) is 3.33. The molecule has 20 heavy (non-hydrogen) atoms. The van der Waals surface area contributed by atoms with Crippen molar-refractivity contribution in [3.05, 3.63) is 47.9 Å². The molecule has 1 aliphatic heterocycles. The lowest BCUT2D eigenvalue weighted by Crippen LogP contribution is -2.20. The average molecular weight is 272 g/mol. The molecule has 2 heterocycles. The Balaban J connectivity index is 1.79. The van der Waals surface area contributed by atoms with Crippen LogP contribution in [0.3, 0.4) is 0 Å². The van der Waals surface area contributed by atoms with Gasteiger partial charge >= 0.3 is 0 Å². The molecule has 104 valence electrons. The van der Waals surface area contributed by atoms with Crippen molar-refractivity contribution in [2.75, 3.05) is 11.9 Å². The number of nitrogens with one attached hydrogen (secondary N) is 1. The Kier molecular flexibility index (Phi) is 3.43. The number of benzene rings is 1. The van der Waals surface area contributed by atoms with Crippen LogP contribution in [-0.4, -0.2) is 12.5 Å². The third kappa shape index (κ3) is 2.53. The topological polar surface area (TPSA) is 77.5 Å². The van der Waals surface area contributed by atoms with E-state index in [-0.39, 0.29) is 12.0 Å². The molecule has 1 unspecified atom stereocenters. The Labute approximate surface area is 116 Å². The van der Waals surface area contributed by atoms with Crippen molar-refractivity contribution in [1.82, 2.24) is 0 Å². The number of carbonyl (C=O) groups is 1. The lowest BCUT2D eigenvalue weighted by atomic mass is 10.0. The van der Waals surface area contributed by atoms with Gasteiger partial charge in [-0.05, 0) is 42.3 Å². The third-order valence-corrected chi connectivity index (χ3v) is 3.33. The predicted molar refractivity (Wildman–Crippen MR) is 74.5 cm³/mol. The number of anilines is 1. The fraction of sp³-hybridized carbons (Fsp3) is 0.267. The monoisotopic (exact) mass is 272 g/mol. The van der Waals surface area contributed by atoms with Crippen LogP contribution < -0.4 is 15.8 Å². The lowest BCUT2D eigenvalue weighted by Gasteiger charge is -2.20. The molecular weight excluding hydrogens is 256 g/mol. The van der Waals surface area contributed by atoms with Crippen molar-refractivity contribution < 1.29 is 13.9 Å². The molecular formula is C15H16N2O3. The summed E-state index contributed by atoms with van der Waals surface area (Å²) >= 11 is 0. The van der Waals surface area contributed by atoms with E-state index in [9.17, 15) is 4.79 Å². The van der Waals surface area contributed by atoms with Crippen LogP contribution in [0.25, 0.3) is 0 Å². The zero-order chi connectivity index (χ0) is 13.9. The molecule has 1 aromatic heterocycles. The fourth-order valence-electron chi connectivity index (χ4n) is 2.29. The number of ether oxygens (including phenoxy) is 1. The quantitative estimate of drug-likeness (QED) is 0.894. The molecule has 0 saturated heterocycles. The number of rotatable bonds is 4. The van der Waals surface area contributed by atoms with Gasteiger partial charge in [-0.3, -0.25) is 4.79 Å². The summed E-state index contributed by atoms with van der Waals surface area (Å²) in [5.41, 5.74) is 7.66. The fourth-order valence-corrected chi connectivity index (χ4v) is 2.29. The van der Waals surface area contributed by atoms with Gasteiger partial charge in [-0.15, -0.1) is 0 Å². The average Bonchev–Trinajstić information content (AvgIpc) is 2.99. The first-order chi connectivity index (χ1) is 9.76. The molecule has 0 radical (unpaired) electrons. The SMILES string of the molecule is NCC(Oc1ccc2c(c1)CCC(=O)N2)c1ccco1. The first-order valence-electron chi connectivity index (χ1n) is 6.59.